The Hall–Kier alpha value is -4.31. The molecule has 4 heterocycles. The normalized spacial score (nSPS) is 14.0. The molecule has 16 heteroatoms. The van der Waals surface area contributed by atoms with Crippen molar-refractivity contribution in [1.82, 2.24) is 39.3 Å². The van der Waals surface area contributed by atoms with E-state index in [0.29, 0.717) is 41.0 Å². The molecule has 49 heavy (non-hydrogen) atoms. The minimum absolute atomic E-state index is 0.0660. The summed E-state index contributed by atoms with van der Waals surface area (Å²) in [6.07, 6.45) is 1.23. The molecule has 5 aromatic rings. The average molecular weight is 701 g/mol. The summed E-state index contributed by atoms with van der Waals surface area (Å²) in [4.78, 5) is 21.6. The Kier molecular flexibility index (Phi) is 9.54. The number of fused-ring (bicyclic) bond motifs is 1. The molecule has 1 fully saturated rings. The van der Waals surface area contributed by atoms with Gasteiger partial charge < -0.3 is 14.0 Å². The molecule has 1 saturated carbocycles. The van der Waals surface area contributed by atoms with Crippen LogP contribution in [-0.4, -0.2) is 60.6 Å². The maximum atomic E-state index is 13.5. The molecule has 260 valence electrons. The lowest BCUT2D eigenvalue weighted by molar-refractivity contribution is -0.140. The zero-order valence-corrected chi connectivity index (χ0v) is 28.8. The number of rotatable bonds is 13. The van der Waals surface area contributed by atoms with Gasteiger partial charge in [-0.15, -0.1) is 0 Å². The first kappa shape index (κ1) is 34.5. The quantitative estimate of drug-likeness (QED) is 0.0689. The van der Waals surface area contributed by atoms with Crippen molar-refractivity contribution in [3.05, 3.63) is 65.6 Å². The van der Waals surface area contributed by atoms with Gasteiger partial charge in [0.2, 0.25) is 5.88 Å². The van der Waals surface area contributed by atoms with Gasteiger partial charge >= 0.3 is 12.8 Å². The lowest BCUT2D eigenvalue weighted by atomic mass is 10.1. The van der Waals surface area contributed by atoms with Crippen molar-refractivity contribution in [1.29, 1.82) is 0 Å². The van der Waals surface area contributed by atoms with E-state index < -0.39 is 26.6 Å². The molecule has 0 atom stereocenters. The molecule has 6 rings (SSSR count). The van der Waals surface area contributed by atoms with Gasteiger partial charge in [0.05, 0.1) is 17.6 Å². The Labute approximate surface area is 280 Å². The van der Waals surface area contributed by atoms with Gasteiger partial charge in [0.15, 0.2) is 11.5 Å². The molecule has 1 aliphatic carbocycles. The van der Waals surface area contributed by atoms with E-state index in [9.17, 15) is 22.0 Å². The molecule has 0 radical (unpaired) electrons. The van der Waals surface area contributed by atoms with Gasteiger partial charge in [0, 0.05) is 44.8 Å². The Morgan fingerprint density at radius 2 is 1.73 bits per heavy atom. The van der Waals surface area contributed by atoms with Crippen molar-refractivity contribution >= 4 is 19.1 Å². The van der Waals surface area contributed by atoms with Gasteiger partial charge in [-0.2, -0.15) is 27.1 Å². The Morgan fingerprint density at radius 1 is 1.00 bits per heavy atom. The molecule has 1 aliphatic rings. The highest BCUT2D eigenvalue weighted by atomic mass is 28.3. The maximum absolute atomic E-state index is 13.5. The second-order valence-corrected chi connectivity index (χ2v) is 19.3. The molecule has 0 saturated heterocycles. The first-order valence-corrected chi connectivity index (χ1v) is 19.7. The Bertz CT molecular complexity index is 1930. The molecule has 10 nitrogen and oxygen atoms in total. The van der Waals surface area contributed by atoms with E-state index in [1.807, 2.05) is 12.1 Å². The number of halogens is 5. The third kappa shape index (κ3) is 7.96. The van der Waals surface area contributed by atoms with Gasteiger partial charge in [-0.3, -0.25) is 0 Å². The lowest BCUT2D eigenvalue weighted by Crippen LogP contribution is -2.22. The number of ether oxygens (including phenoxy) is 2. The van der Waals surface area contributed by atoms with E-state index in [1.165, 1.54) is 17.1 Å². The molecular formula is C33H37F5N8O2Si. The number of hydrogen-bond donors (Lipinski definition) is 0. The Morgan fingerprint density at radius 3 is 2.37 bits per heavy atom. The topological polar surface area (TPSA) is 106 Å². The second-order valence-electron chi connectivity index (χ2n) is 13.6. The zero-order chi connectivity index (χ0) is 35.1. The molecular weight excluding hydrogens is 663 g/mol. The van der Waals surface area contributed by atoms with Crippen molar-refractivity contribution in [2.75, 3.05) is 6.61 Å². The molecule has 0 bridgehead atoms. The van der Waals surface area contributed by atoms with Gasteiger partial charge in [-0.1, -0.05) is 43.9 Å². The summed E-state index contributed by atoms with van der Waals surface area (Å²) < 4.78 is 81.3. The van der Waals surface area contributed by atoms with Crippen LogP contribution >= 0.6 is 0 Å². The molecule has 4 aromatic heterocycles. The molecule has 0 N–H and O–H groups in total. The van der Waals surface area contributed by atoms with E-state index >= 15 is 0 Å². The minimum atomic E-state index is -4.57. The van der Waals surface area contributed by atoms with Crippen molar-refractivity contribution in [2.24, 2.45) is 0 Å². The molecule has 1 aromatic carbocycles. The fourth-order valence-electron chi connectivity index (χ4n) is 5.44. The van der Waals surface area contributed by atoms with Crippen LogP contribution in [0.25, 0.3) is 33.8 Å². The zero-order valence-electron chi connectivity index (χ0n) is 27.8. The fraction of sp³-hybridized carbons (Fsp3) is 0.455. The Balaban J connectivity index is 1.38. The number of imidazole rings is 1. The second kappa shape index (κ2) is 13.5. The molecule has 0 amide bonds. The predicted molar refractivity (Wildman–Crippen MR) is 175 cm³/mol. The molecule has 0 spiro atoms. The summed E-state index contributed by atoms with van der Waals surface area (Å²) in [6, 6.07) is 7.84. The average Bonchev–Trinajstić information content (AvgIpc) is 3.67. The molecule has 0 aliphatic heterocycles. The first-order valence-electron chi connectivity index (χ1n) is 16.0. The van der Waals surface area contributed by atoms with Crippen LogP contribution in [0.3, 0.4) is 0 Å². The number of alkyl halides is 5. The van der Waals surface area contributed by atoms with E-state index in [2.05, 4.69) is 39.6 Å². The SMILES string of the molecule is CC(C)n1cc(C(F)(F)F)nc1-c1ccc(Cc2c3nc(-c4c(OC(F)F)ncnc4C4CC4)ncc3nn2COCC[Si](C)(C)C)cc1. The van der Waals surface area contributed by atoms with Gasteiger partial charge in [-0.25, -0.2) is 29.6 Å². The van der Waals surface area contributed by atoms with Gasteiger partial charge in [0.25, 0.3) is 0 Å². The van der Waals surface area contributed by atoms with E-state index in [4.69, 9.17) is 19.6 Å². The van der Waals surface area contributed by atoms with E-state index in [1.54, 1.807) is 30.7 Å². The van der Waals surface area contributed by atoms with Crippen LogP contribution in [0.1, 0.15) is 61.3 Å². The third-order valence-electron chi connectivity index (χ3n) is 8.19. The fourth-order valence-corrected chi connectivity index (χ4v) is 6.20. The van der Waals surface area contributed by atoms with Crippen LogP contribution in [0.15, 0.2) is 43.0 Å². The minimum Gasteiger partial charge on any atom is -0.416 e. The highest BCUT2D eigenvalue weighted by Gasteiger charge is 2.35. The van der Waals surface area contributed by atoms with Crippen LogP contribution in [-0.2, 0) is 24.1 Å². The van der Waals surface area contributed by atoms with Crippen molar-refractivity contribution < 1.29 is 31.4 Å². The lowest BCUT2D eigenvalue weighted by Gasteiger charge is -2.16. The largest absolute Gasteiger partial charge is 0.434 e. The third-order valence-corrected chi connectivity index (χ3v) is 9.89. The summed E-state index contributed by atoms with van der Waals surface area (Å²) in [6.45, 7) is 7.98. The smallest absolute Gasteiger partial charge is 0.416 e. The summed E-state index contributed by atoms with van der Waals surface area (Å²) in [5.74, 6) is 0.133. The summed E-state index contributed by atoms with van der Waals surface area (Å²) in [5.41, 5.74) is 2.84. The predicted octanol–water partition coefficient (Wildman–Crippen LogP) is 8.13. The standard InChI is InChI=1S/C33H37F5N8O2Si/c1-19(2)45-16-25(33(36,37)38)42-30(45)22-8-6-20(7-9-22)14-24-28-23(44-46(24)18-47-12-13-49(3,4)5)15-39-29(43-28)26-27(21-10-11-21)40-17-41-31(26)48-32(34)35/h6-9,15-17,19,21,32H,10-14,18H2,1-5H3. The van der Waals surface area contributed by atoms with Gasteiger partial charge in [0.1, 0.15) is 35.5 Å². The van der Waals surface area contributed by atoms with Crippen LogP contribution < -0.4 is 4.74 Å². The van der Waals surface area contributed by atoms with Crippen molar-refractivity contribution in [3.63, 3.8) is 0 Å². The maximum Gasteiger partial charge on any atom is 0.434 e. The summed E-state index contributed by atoms with van der Waals surface area (Å²) in [7, 11) is -1.35. The van der Waals surface area contributed by atoms with Crippen LogP contribution in [0.4, 0.5) is 22.0 Å². The van der Waals surface area contributed by atoms with Crippen LogP contribution in [0, 0.1) is 0 Å². The number of aromatic nitrogens is 8. The highest BCUT2D eigenvalue weighted by Crippen LogP contribution is 2.45. The van der Waals surface area contributed by atoms with Gasteiger partial charge in [-0.05, 0) is 38.3 Å². The van der Waals surface area contributed by atoms with Crippen molar-refractivity contribution in [3.8, 4) is 28.7 Å². The summed E-state index contributed by atoms with van der Waals surface area (Å²) in [5, 5.41) is 4.72. The number of benzene rings is 1. The summed E-state index contributed by atoms with van der Waals surface area (Å²) >= 11 is 0. The van der Waals surface area contributed by atoms with E-state index in [-0.39, 0.29) is 41.8 Å². The number of hydrogen-bond acceptors (Lipinski definition) is 8. The first-order chi connectivity index (χ1) is 23.2. The van der Waals surface area contributed by atoms with Crippen LogP contribution in [0.5, 0.6) is 5.88 Å². The highest BCUT2D eigenvalue weighted by molar-refractivity contribution is 6.76. The van der Waals surface area contributed by atoms with E-state index in [0.717, 1.165) is 30.6 Å². The van der Waals surface area contributed by atoms with Crippen molar-refractivity contribution in [2.45, 2.75) is 90.3 Å². The van der Waals surface area contributed by atoms with Crippen LogP contribution in [0.2, 0.25) is 25.7 Å². The number of nitrogens with zero attached hydrogens (tertiary/aromatic N) is 8. The molecule has 0 unspecified atom stereocenters. The monoisotopic (exact) mass is 700 g/mol.